The lowest BCUT2D eigenvalue weighted by Crippen LogP contribution is -2.44. The maximum atomic E-state index is 12.1. The highest BCUT2D eigenvalue weighted by molar-refractivity contribution is 6.32. The molecular formula is C15H12ClNO6. The van der Waals surface area contributed by atoms with Crippen molar-refractivity contribution in [3.63, 3.8) is 0 Å². The monoisotopic (exact) mass is 337 g/mol. The Morgan fingerprint density at radius 1 is 1.17 bits per heavy atom. The van der Waals surface area contributed by atoms with Crippen LogP contribution in [0.2, 0.25) is 5.02 Å². The summed E-state index contributed by atoms with van der Waals surface area (Å²) in [6.07, 6.45) is 3.83. The first-order valence-corrected chi connectivity index (χ1v) is 7.40. The standard InChI is InChI=1S/C15H12ClNO6/c16-11-4-3-9(8-12(11)17(20)21)7-10-13(18)22-15(23-14(10)19)5-1-2-6-15/h3-4,7-8H,1-2,5-6H2. The van der Waals surface area contributed by atoms with Gasteiger partial charge in [-0.25, -0.2) is 9.59 Å². The van der Waals surface area contributed by atoms with E-state index in [2.05, 4.69) is 0 Å². The van der Waals surface area contributed by atoms with E-state index in [9.17, 15) is 19.7 Å². The van der Waals surface area contributed by atoms with Crippen molar-refractivity contribution in [3.05, 3.63) is 44.5 Å². The third-order valence-corrected chi connectivity index (χ3v) is 4.16. The Hall–Kier alpha value is -2.41. The maximum Gasteiger partial charge on any atom is 0.348 e. The van der Waals surface area contributed by atoms with Gasteiger partial charge in [0.25, 0.3) is 11.5 Å². The average Bonchev–Trinajstić information content (AvgIpc) is 2.92. The number of nitrogens with zero attached hydrogens (tertiary/aromatic N) is 1. The van der Waals surface area contributed by atoms with Crippen LogP contribution in [-0.4, -0.2) is 22.6 Å². The van der Waals surface area contributed by atoms with Gasteiger partial charge in [-0.05, 0) is 30.5 Å². The third-order valence-electron chi connectivity index (χ3n) is 3.84. The summed E-state index contributed by atoms with van der Waals surface area (Å²) in [5, 5.41) is 10.9. The zero-order valence-corrected chi connectivity index (χ0v) is 12.7. The van der Waals surface area contributed by atoms with Gasteiger partial charge in [0.1, 0.15) is 10.6 Å². The molecule has 0 amide bonds. The van der Waals surface area contributed by atoms with Gasteiger partial charge in [-0.15, -0.1) is 0 Å². The highest BCUT2D eigenvalue weighted by atomic mass is 35.5. The minimum atomic E-state index is -1.14. The van der Waals surface area contributed by atoms with E-state index < -0.39 is 22.6 Å². The first kappa shape index (κ1) is 15.5. The van der Waals surface area contributed by atoms with Crippen molar-refractivity contribution >= 4 is 35.3 Å². The number of carbonyl (C=O) groups is 2. The Balaban J connectivity index is 1.91. The summed E-state index contributed by atoms with van der Waals surface area (Å²) in [7, 11) is 0. The summed E-state index contributed by atoms with van der Waals surface area (Å²) >= 11 is 5.73. The van der Waals surface area contributed by atoms with E-state index in [1.54, 1.807) is 0 Å². The second kappa shape index (κ2) is 5.66. The summed E-state index contributed by atoms with van der Waals surface area (Å²) in [5.41, 5.74) is -0.322. The fourth-order valence-corrected chi connectivity index (χ4v) is 2.90. The van der Waals surface area contributed by atoms with Crippen molar-refractivity contribution in [2.24, 2.45) is 0 Å². The molecular weight excluding hydrogens is 326 g/mol. The van der Waals surface area contributed by atoms with E-state index in [1.165, 1.54) is 24.3 Å². The van der Waals surface area contributed by atoms with Crippen LogP contribution in [0.15, 0.2) is 23.8 Å². The van der Waals surface area contributed by atoms with Gasteiger partial charge < -0.3 is 9.47 Å². The predicted octanol–water partition coefficient (Wildman–Crippen LogP) is 3.00. The molecule has 1 saturated heterocycles. The van der Waals surface area contributed by atoms with Crippen molar-refractivity contribution in [2.75, 3.05) is 0 Å². The van der Waals surface area contributed by atoms with Gasteiger partial charge in [0.15, 0.2) is 0 Å². The number of esters is 2. The molecule has 1 saturated carbocycles. The zero-order valence-electron chi connectivity index (χ0n) is 11.9. The molecule has 0 aromatic heterocycles. The van der Waals surface area contributed by atoms with Crippen molar-refractivity contribution in [1.29, 1.82) is 0 Å². The number of nitro groups is 1. The third kappa shape index (κ3) is 2.92. The van der Waals surface area contributed by atoms with Gasteiger partial charge in [-0.3, -0.25) is 10.1 Å². The number of rotatable bonds is 2. The molecule has 1 aliphatic heterocycles. The van der Waals surface area contributed by atoms with Gasteiger partial charge in [-0.1, -0.05) is 17.7 Å². The number of hydrogen-bond acceptors (Lipinski definition) is 6. The van der Waals surface area contributed by atoms with Gasteiger partial charge >= 0.3 is 11.9 Å². The zero-order chi connectivity index (χ0) is 16.6. The fraction of sp³-hybridized carbons (Fsp3) is 0.333. The molecule has 2 aliphatic rings. The number of hydrogen-bond donors (Lipinski definition) is 0. The smallest absolute Gasteiger partial charge is 0.348 e. The molecule has 7 nitrogen and oxygen atoms in total. The quantitative estimate of drug-likeness (QED) is 0.270. The van der Waals surface area contributed by atoms with Crippen LogP contribution in [-0.2, 0) is 19.1 Å². The van der Waals surface area contributed by atoms with E-state index >= 15 is 0 Å². The Labute approximate surface area is 136 Å². The minimum Gasteiger partial charge on any atom is -0.419 e. The van der Waals surface area contributed by atoms with E-state index in [0.29, 0.717) is 12.8 Å². The number of ether oxygens (including phenoxy) is 2. The summed E-state index contributed by atoms with van der Waals surface area (Å²) in [4.78, 5) is 34.4. The molecule has 0 bridgehead atoms. The number of carbonyl (C=O) groups excluding carboxylic acids is 2. The van der Waals surface area contributed by atoms with Crippen molar-refractivity contribution in [2.45, 2.75) is 31.5 Å². The van der Waals surface area contributed by atoms with Crippen LogP contribution in [0.3, 0.4) is 0 Å². The van der Waals surface area contributed by atoms with E-state index in [1.807, 2.05) is 0 Å². The van der Waals surface area contributed by atoms with Crippen LogP contribution < -0.4 is 0 Å². The van der Waals surface area contributed by atoms with E-state index in [0.717, 1.165) is 12.8 Å². The predicted molar refractivity (Wildman–Crippen MR) is 79.5 cm³/mol. The SMILES string of the molecule is O=C1OC2(CCCC2)OC(=O)C1=Cc1ccc(Cl)c([N+](=O)[O-])c1. The van der Waals surface area contributed by atoms with E-state index in [4.69, 9.17) is 21.1 Å². The molecule has 2 fully saturated rings. The van der Waals surface area contributed by atoms with Gasteiger partial charge in [0.2, 0.25) is 0 Å². The maximum absolute atomic E-state index is 12.1. The summed E-state index contributed by atoms with van der Waals surface area (Å²) < 4.78 is 10.6. The number of halogens is 1. The van der Waals surface area contributed by atoms with Crippen molar-refractivity contribution in [3.8, 4) is 0 Å². The molecule has 8 heteroatoms. The van der Waals surface area contributed by atoms with Gasteiger partial charge in [0, 0.05) is 18.9 Å². The number of nitro benzene ring substituents is 1. The van der Waals surface area contributed by atoms with Crippen LogP contribution in [0.25, 0.3) is 6.08 Å². The molecule has 120 valence electrons. The number of benzene rings is 1. The van der Waals surface area contributed by atoms with Gasteiger partial charge in [0.05, 0.1) is 4.92 Å². The average molecular weight is 338 g/mol. The van der Waals surface area contributed by atoms with Crippen LogP contribution >= 0.6 is 11.6 Å². The van der Waals surface area contributed by atoms with Crippen LogP contribution in [0, 0.1) is 10.1 Å². The van der Waals surface area contributed by atoms with Crippen molar-refractivity contribution < 1.29 is 24.0 Å². The van der Waals surface area contributed by atoms with Crippen LogP contribution in [0.1, 0.15) is 31.2 Å². The Bertz CT molecular complexity index is 713. The molecule has 1 heterocycles. The Morgan fingerprint density at radius 3 is 2.35 bits per heavy atom. The highest BCUT2D eigenvalue weighted by Gasteiger charge is 2.47. The molecule has 0 radical (unpaired) electrons. The summed E-state index contributed by atoms with van der Waals surface area (Å²) in [6.45, 7) is 0. The first-order chi connectivity index (χ1) is 10.9. The molecule has 0 unspecified atom stereocenters. The fourth-order valence-electron chi connectivity index (χ4n) is 2.71. The summed E-state index contributed by atoms with van der Waals surface area (Å²) in [5.74, 6) is -2.70. The molecule has 0 N–H and O–H groups in total. The van der Waals surface area contributed by atoms with Crippen LogP contribution in [0.4, 0.5) is 5.69 Å². The molecule has 1 aliphatic carbocycles. The summed E-state index contributed by atoms with van der Waals surface area (Å²) in [6, 6.07) is 3.96. The Morgan fingerprint density at radius 2 is 1.78 bits per heavy atom. The second-order valence-electron chi connectivity index (χ2n) is 5.42. The minimum absolute atomic E-state index is 0.0316. The molecule has 0 atom stereocenters. The van der Waals surface area contributed by atoms with E-state index in [-0.39, 0.29) is 21.8 Å². The molecule has 3 rings (SSSR count). The highest BCUT2D eigenvalue weighted by Crippen LogP contribution is 2.38. The van der Waals surface area contributed by atoms with Gasteiger partial charge in [-0.2, -0.15) is 0 Å². The topological polar surface area (TPSA) is 95.7 Å². The normalized spacial score (nSPS) is 19.4. The van der Waals surface area contributed by atoms with Crippen molar-refractivity contribution in [1.82, 2.24) is 0 Å². The van der Waals surface area contributed by atoms with Crippen LogP contribution in [0.5, 0.6) is 0 Å². The molecule has 23 heavy (non-hydrogen) atoms. The lowest BCUT2D eigenvalue weighted by atomic mass is 10.1. The largest absolute Gasteiger partial charge is 0.419 e. The molecule has 1 spiro atoms. The lowest BCUT2D eigenvalue weighted by Gasteiger charge is -2.32. The second-order valence-corrected chi connectivity index (χ2v) is 5.83. The first-order valence-electron chi connectivity index (χ1n) is 7.02. The molecule has 1 aromatic rings. The molecule has 1 aromatic carbocycles. The lowest BCUT2D eigenvalue weighted by molar-refractivity contribution is -0.384. The Kier molecular flexibility index (Phi) is 3.81.